The van der Waals surface area contributed by atoms with Gasteiger partial charge in [-0.05, 0) is 50.3 Å². The summed E-state index contributed by atoms with van der Waals surface area (Å²) in [7, 11) is 0. The van der Waals surface area contributed by atoms with Gasteiger partial charge in [-0.3, -0.25) is 0 Å². The zero-order valence-electron chi connectivity index (χ0n) is 10.5. The molecule has 0 atom stereocenters. The van der Waals surface area contributed by atoms with Crippen LogP contribution in [0, 0.1) is 0 Å². The summed E-state index contributed by atoms with van der Waals surface area (Å²) in [6.07, 6.45) is 8.49. The van der Waals surface area contributed by atoms with E-state index in [9.17, 15) is 0 Å². The van der Waals surface area contributed by atoms with Gasteiger partial charge in [0.05, 0.1) is 0 Å². The van der Waals surface area contributed by atoms with E-state index in [1.165, 1.54) is 43.4 Å². The number of rotatable bonds is 7. The molecule has 3 heteroatoms. The Bertz CT molecular complexity index is 349. The van der Waals surface area contributed by atoms with Gasteiger partial charge in [-0.2, -0.15) is 0 Å². The zero-order valence-corrected chi connectivity index (χ0v) is 10.5. The lowest BCUT2D eigenvalue weighted by atomic mass is 10.2. The Morgan fingerprint density at radius 2 is 2.00 bits per heavy atom. The molecule has 1 aromatic heterocycles. The smallest absolute Gasteiger partial charge is 0.126 e. The van der Waals surface area contributed by atoms with E-state index in [0.29, 0.717) is 0 Å². The highest BCUT2D eigenvalue weighted by Gasteiger charge is 2.11. The molecule has 0 saturated carbocycles. The van der Waals surface area contributed by atoms with Crippen LogP contribution >= 0.6 is 0 Å². The number of hydrogen-bond donors (Lipinski definition) is 2. The number of hydrogen-bond acceptors (Lipinski definition) is 3. The topological polar surface area (TPSA) is 50.9 Å². The van der Waals surface area contributed by atoms with E-state index < -0.39 is 0 Å². The average Bonchev–Trinajstić information content (AvgIpc) is 2.81. The van der Waals surface area contributed by atoms with E-state index in [1.807, 2.05) is 0 Å². The third-order valence-electron chi connectivity index (χ3n) is 3.37. The van der Waals surface area contributed by atoms with Crippen molar-refractivity contribution < 1.29 is 0 Å². The Morgan fingerprint density at radius 1 is 1.12 bits per heavy atom. The van der Waals surface area contributed by atoms with Gasteiger partial charge in [-0.1, -0.05) is 18.9 Å². The minimum atomic E-state index is 0.819. The average molecular weight is 233 g/mol. The van der Waals surface area contributed by atoms with Crippen LogP contribution in [0.5, 0.6) is 0 Å². The molecule has 0 spiro atoms. The molecule has 0 radical (unpaired) electrons. The number of pyridine rings is 1. The van der Waals surface area contributed by atoms with Crippen molar-refractivity contribution in [1.29, 1.82) is 0 Å². The van der Waals surface area contributed by atoms with E-state index in [2.05, 4.69) is 22.4 Å². The van der Waals surface area contributed by atoms with Crippen molar-refractivity contribution in [3.63, 3.8) is 0 Å². The standard InChI is InChI=1S/C14H23N3/c15-10-3-1-2-4-11-16-14-9-8-12-6-5-7-13(12)17-14/h8-9H,1-7,10-11,15H2,(H,16,17). The number of nitrogens with two attached hydrogens (primary N) is 1. The molecule has 0 unspecified atom stereocenters. The molecule has 0 fully saturated rings. The molecular weight excluding hydrogens is 210 g/mol. The highest BCUT2D eigenvalue weighted by Crippen LogP contribution is 2.21. The van der Waals surface area contributed by atoms with Crippen molar-refractivity contribution in [2.75, 3.05) is 18.4 Å². The highest BCUT2D eigenvalue weighted by atomic mass is 15.0. The van der Waals surface area contributed by atoms with E-state index >= 15 is 0 Å². The first-order valence-electron chi connectivity index (χ1n) is 6.83. The molecule has 1 aliphatic rings. The maximum atomic E-state index is 5.46. The first kappa shape index (κ1) is 12.4. The van der Waals surface area contributed by atoms with Crippen molar-refractivity contribution in [1.82, 2.24) is 4.98 Å². The molecule has 0 amide bonds. The number of aromatic nitrogens is 1. The SMILES string of the molecule is NCCCCCCNc1ccc2c(n1)CCC2. The molecule has 3 N–H and O–H groups in total. The summed E-state index contributed by atoms with van der Waals surface area (Å²) in [5.74, 6) is 1.05. The van der Waals surface area contributed by atoms with Crippen LogP contribution in [0.1, 0.15) is 43.4 Å². The summed E-state index contributed by atoms with van der Waals surface area (Å²) in [6, 6.07) is 4.34. The van der Waals surface area contributed by atoms with Crippen molar-refractivity contribution in [2.24, 2.45) is 5.73 Å². The fourth-order valence-electron chi connectivity index (χ4n) is 2.36. The monoisotopic (exact) mass is 233 g/mol. The van der Waals surface area contributed by atoms with Crippen LogP contribution in [0.25, 0.3) is 0 Å². The molecule has 17 heavy (non-hydrogen) atoms. The Balaban J connectivity index is 1.69. The zero-order chi connectivity index (χ0) is 11.9. The second-order valence-electron chi connectivity index (χ2n) is 4.79. The Kier molecular flexibility index (Phi) is 4.80. The summed E-state index contributed by atoms with van der Waals surface area (Å²) < 4.78 is 0. The van der Waals surface area contributed by atoms with E-state index in [1.54, 1.807) is 0 Å². The first-order chi connectivity index (χ1) is 8.40. The lowest BCUT2D eigenvalue weighted by Gasteiger charge is -2.07. The molecule has 94 valence electrons. The van der Waals surface area contributed by atoms with E-state index in [4.69, 9.17) is 5.73 Å². The van der Waals surface area contributed by atoms with Gasteiger partial charge >= 0.3 is 0 Å². The predicted octanol–water partition coefficient (Wildman–Crippen LogP) is 2.50. The fraction of sp³-hybridized carbons (Fsp3) is 0.643. The largest absolute Gasteiger partial charge is 0.370 e. The minimum Gasteiger partial charge on any atom is -0.370 e. The molecule has 1 heterocycles. The van der Waals surface area contributed by atoms with Gasteiger partial charge in [0.25, 0.3) is 0 Å². The maximum Gasteiger partial charge on any atom is 0.126 e. The van der Waals surface area contributed by atoms with Gasteiger partial charge in [0, 0.05) is 12.2 Å². The van der Waals surface area contributed by atoms with Gasteiger partial charge in [-0.15, -0.1) is 0 Å². The van der Waals surface area contributed by atoms with Crippen molar-refractivity contribution in [3.8, 4) is 0 Å². The van der Waals surface area contributed by atoms with Gasteiger partial charge < -0.3 is 11.1 Å². The molecule has 2 rings (SSSR count). The fourth-order valence-corrected chi connectivity index (χ4v) is 2.36. The van der Waals surface area contributed by atoms with E-state index in [0.717, 1.165) is 31.7 Å². The second-order valence-corrected chi connectivity index (χ2v) is 4.79. The quantitative estimate of drug-likeness (QED) is 0.711. The van der Waals surface area contributed by atoms with Crippen LogP contribution in [0.4, 0.5) is 5.82 Å². The van der Waals surface area contributed by atoms with Gasteiger partial charge in [0.2, 0.25) is 0 Å². The van der Waals surface area contributed by atoms with Crippen LogP contribution in [0.3, 0.4) is 0 Å². The summed E-state index contributed by atoms with van der Waals surface area (Å²) >= 11 is 0. The van der Waals surface area contributed by atoms with Gasteiger partial charge in [-0.25, -0.2) is 4.98 Å². The number of unbranched alkanes of at least 4 members (excludes halogenated alkanes) is 3. The van der Waals surface area contributed by atoms with Crippen molar-refractivity contribution in [3.05, 3.63) is 23.4 Å². The third kappa shape index (κ3) is 3.70. The van der Waals surface area contributed by atoms with Crippen LogP contribution in [-0.2, 0) is 12.8 Å². The summed E-state index contributed by atoms with van der Waals surface area (Å²) in [5.41, 5.74) is 8.21. The summed E-state index contributed by atoms with van der Waals surface area (Å²) in [6.45, 7) is 1.84. The second kappa shape index (κ2) is 6.60. The number of nitrogens with zero attached hydrogens (tertiary/aromatic N) is 1. The van der Waals surface area contributed by atoms with Crippen molar-refractivity contribution >= 4 is 5.82 Å². The summed E-state index contributed by atoms with van der Waals surface area (Å²) in [5, 5.41) is 3.41. The predicted molar refractivity (Wildman–Crippen MR) is 72.3 cm³/mol. The molecule has 0 aromatic carbocycles. The lowest BCUT2D eigenvalue weighted by molar-refractivity contribution is 0.661. The van der Waals surface area contributed by atoms with Crippen LogP contribution in [0.2, 0.25) is 0 Å². The first-order valence-corrected chi connectivity index (χ1v) is 6.83. The van der Waals surface area contributed by atoms with Crippen LogP contribution in [0.15, 0.2) is 12.1 Å². The van der Waals surface area contributed by atoms with Gasteiger partial charge in [0.15, 0.2) is 0 Å². The lowest BCUT2D eigenvalue weighted by Crippen LogP contribution is -2.05. The van der Waals surface area contributed by atoms with Crippen molar-refractivity contribution in [2.45, 2.75) is 44.9 Å². The van der Waals surface area contributed by atoms with Gasteiger partial charge in [0.1, 0.15) is 5.82 Å². The molecule has 1 aromatic rings. The molecule has 0 bridgehead atoms. The molecular formula is C14H23N3. The normalized spacial score (nSPS) is 13.7. The Morgan fingerprint density at radius 3 is 2.88 bits per heavy atom. The highest BCUT2D eigenvalue weighted by molar-refractivity contribution is 5.40. The Labute approximate surface area is 104 Å². The summed E-state index contributed by atoms with van der Waals surface area (Å²) in [4.78, 5) is 4.66. The Hall–Kier alpha value is -1.09. The number of anilines is 1. The number of fused-ring (bicyclic) bond motifs is 1. The van der Waals surface area contributed by atoms with Crippen LogP contribution in [-0.4, -0.2) is 18.1 Å². The molecule has 1 aliphatic carbocycles. The third-order valence-corrected chi connectivity index (χ3v) is 3.37. The number of nitrogens with one attached hydrogen (secondary N) is 1. The maximum absolute atomic E-state index is 5.46. The van der Waals surface area contributed by atoms with Crippen LogP contribution < -0.4 is 11.1 Å². The molecule has 0 saturated heterocycles. The molecule has 0 aliphatic heterocycles. The molecule has 3 nitrogen and oxygen atoms in total. The van der Waals surface area contributed by atoms with E-state index in [-0.39, 0.29) is 0 Å². The minimum absolute atomic E-state index is 0.819. The number of aryl methyl sites for hydroxylation is 2.